The number of anilines is 1. The molecule has 1 rings (SSSR count). The molecule has 0 saturated carbocycles. The van der Waals surface area contributed by atoms with Crippen LogP contribution in [0.15, 0.2) is 22.3 Å². The molecule has 0 atom stereocenters. The molecule has 0 aromatic heterocycles. The fourth-order valence-electron chi connectivity index (χ4n) is 1.25. The summed E-state index contributed by atoms with van der Waals surface area (Å²) in [5, 5.41) is 2.08. The van der Waals surface area contributed by atoms with Gasteiger partial charge in [-0.15, -0.1) is 0 Å². The number of benzene rings is 1. The van der Waals surface area contributed by atoms with Gasteiger partial charge in [0.15, 0.2) is 5.82 Å². The monoisotopic (exact) mass is 399 g/mol. The van der Waals surface area contributed by atoms with E-state index in [-0.39, 0.29) is 25.9 Å². The Morgan fingerprint density at radius 2 is 1.95 bits per heavy atom. The Morgan fingerprint density at radius 3 is 2.48 bits per heavy atom. The van der Waals surface area contributed by atoms with Gasteiger partial charge in [-0.2, -0.15) is 0 Å². The van der Waals surface area contributed by atoms with Gasteiger partial charge in [-0.3, -0.25) is 0 Å². The van der Waals surface area contributed by atoms with Gasteiger partial charge in [0, 0.05) is 4.47 Å². The van der Waals surface area contributed by atoms with E-state index in [1.165, 1.54) is 6.07 Å². The quantitative estimate of drug-likeness (QED) is 0.362. The minimum Gasteiger partial charge on any atom is -0.466 e. The number of carbonyl (C=O) groups excluding carboxylic acids is 2. The average molecular weight is 401 g/mol. The maximum Gasteiger partial charge on any atom is 0.354 e. The Hall–Kier alpha value is -1.31. The summed E-state index contributed by atoms with van der Waals surface area (Å²) in [5.41, 5.74) is -0.507. The van der Waals surface area contributed by atoms with E-state index in [0.29, 0.717) is 0 Å². The van der Waals surface area contributed by atoms with Crippen LogP contribution in [0.2, 0.25) is 10.0 Å². The summed E-state index contributed by atoms with van der Waals surface area (Å²) in [6.07, 6.45) is 0.820. The van der Waals surface area contributed by atoms with Gasteiger partial charge in [0.25, 0.3) is 0 Å². The molecule has 0 aliphatic rings. The SMILES string of the molecule is COC(=O)/C=C(/Nc1c(Br)cc(Cl)c(Cl)c1F)C(=O)OC. The summed E-state index contributed by atoms with van der Waals surface area (Å²) in [6.45, 7) is 0. The van der Waals surface area contributed by atoms with Crippen molar-refractivity contribution < 1.29 is 23.5 Å². The molecule has 5 nitrogen and oxygen atoms in total. The lowest BCUT2D eigenvalue weighted by molar-refractivity contribution is -0.138. The molecule has 1 N–H and O–H groups in total. The Labute approximate surface area is 138 Å². The summed E-state index contributed by atoms with van der Waals surface area (Å²) in [5.74, 6) is -2.60. The van der Waals surface area contributed by atoms with Crippen LogP contribution >= 0.6 is 39.1 Å². The molecule has 0 aliphatic heterocycles. The molecule has 0 heterocycles. The topological polar surface area (TPSA) is 64.6 Å². The number of ether oxygens (including phenoxy) is 2. The first kappa shape index (κ1) is 17.7. The fraction of sp³-hybridized carbons (Fsp3) is 0.167. The third-order valence-corrected chi connectivity index (χ3v) is 3.63. The van der Waals surface area contributed by atoms with Crippen molar-refractivity contribution >= 4 is 56.8 Å². The van der Waals surface area contributed by atoms with Gasteiger partial charge in [-0.05, 0) is 22.0 Å². The molecule has 1 aromatic rings. The smallest absolute Gasteiger partial charge is 0.354 e. The minimum absolute atomic E-state index is 0.0110. The van der Waals surface area contributed by atoms with E-state index >= 15 is 0 Å². The van der Waals surface area contributed by atoms with Crippen molar-refractivity contribution in [2.75, 3.05) is 19.5 Å². The third kappa shape index (κ3) is 4.33. The van der Waals surface area contributed by atoms with Crippen molar-refractivity contribution in [3.63, 3.8) is 0 Å². The van der Waals surface area contributed by atoms with Gasteiger partial charge in [0.1, 0.15) is 5.70 Å². The lowest BCUT2D eigenvalue weighted by Crippen LogP contribution is -2.16. The number of carbonyl (C=O) groups is 2. The number of esters is 2. The van der Waals surface area contributed by atoms with E-state index in [0.717, 1.165) is 20.3 Å². The van der Waals surface area contributed by atoms with Crippen molar-refractivity contribution in [2.24, 2.45) is 0 Å². The number of methoxy groups -OCH3 is 2. The normalized spacial score (nSPS) is 11.0. The second-order valence-electron chi connectivity index (χ2n) is 3.54. The maximum absolute atomic E-state index is 14.1. The predicted molar refractivity (Wildman–Crippen MR) is 79.9 cm³/mol. The van der Waals surface area contributed by atoms with Gasteiger partial charge in [-0.25, -0.2) is 14.0 Å². The van der Waals surface area contributed by atoms with Crippen molar-refractivity contribution in [1.82, 2.24) is 0 Å². The van der Waals surface area contributed by atoms with Gasteiger partial charge < -0.3 is 14.8 Å². The molecule has 0 spiro atoms. The molecule has 0 saturated heterocycles. The van der Waals surface area contributed by atoms with Crippen LogP contribution in [0, 0.1) is 5.82 Å². The molecule has 0 amide bonds. The van der Waals surface area contributed by atoms with Gasteiger partial charge in [-0.1, -0.05) is 23.2 Å². The van der Waals surface area contributed by atoms with Crippen molar-refractivity contribution in [2.45, 2.75) is 0 Å². The van der Waals surface area contributed by atoms with Crippen LogP contribution in [0.25, 0.3) is 0 Å². The van der Waals surface area contributed by atoms with E-state index in [1.807, 2.05) is 0 Å². The van der Waals surface area contributed by atoms with Crippen molar-refractivity contribution in [1.29, 1.82) is 0 Å². The zero-order valence-electron chi connectivity index (χ0n) is 10.8. The average Bonchev–Trinajstić information content (AvgIpc) is 2.46. The van der Waals surface area contributed by atoms with E-state index in [4.69, 9.17) is 23.2 Å². The molecule has 0 aliphatic carbocycles. The Bertz CT molecular complexity index is 622. The lowest BCUT2D eigenvalue weighted by Gasteiger charge is -2.13. The Balaban J connectivity index is 3.28. The van der Waals surface area contributed by atoms with Crippen LogP contribution in [0.5, 0.6) is 0 Å². The predicted octanol–water partition coefficient (Wildman–Crippen LogP) is 3.54. The maximum atomic E-state index is 14.1. The second kappa shape index (κ2) is 7.63. The highest BCUT2D eigenvalue weighted by atomic mass is 79.9. The van der Waals surface area contributed by atoms with Gasteiger partial charge in [0.05, 0.1) is 36.0 Å². The van der Waals surface area contributed by atoms with Crippen LogP contribution in [0.4, 0.5) is 10.1 Å². The summed E-state index contributed by atoms with van der Waals surface area (Å²) in [6, 6.07) is 1.34. The lowest BCUT2D eigenvalue weighted by atomic mass is 10.2. The highest BCUT2D eigenvalue weighted by molar-refractivity contribution is 9.10. The molecule has 0 unspecified atom stereocenters. The minimum atomic E-state index is -0.893. The number of halogens is 4. The molecule has 0 radical (unpaired) electrons. The first-order chi connectivity index (χ1) is 9.81. The second-order valence-corrected chi connectivity index (χ2v) is 5.18. The molecular weight excluding hydrogens is 392 g/mol. The Kier molecular flexibility index (Phi) is 6.44. The van der Waals surface area contributed by atoms with Gasteiger partial charge >= 0.3 is 11.9 Å². The fourth-order valence-corrected chi connectivity index (χ4v) is 2.22. The number of rotatable bonds is 4. The number of hydrogen-bond acceptors (Lipinski definition) is 5. The van der Waals surface area contributed by atoms with Crippen molar-refractivity contribution in [3.05, 3.63) is 38.2 Å². The van der Waals surface area contributed by atoms with Crippen LogP contribution in [-0.2, 0) is 19.1 Å². The summed E-state index contributed by atoms with van der Waals surface area (Å²) in [4.78, 5) is 22.8. The molecule has 0 bridgehead atoms. The molecule has 0 fully saturated rings. The van der Waals surface area contributed by atoms with Crippen LogP contribution in [0.3, 0.4) is 0 Å². The van der Waals surface area contributed by atoms with E-state index < -0.39 is 17.8 Å². The zero-order chi connectivity index (χ0) is 16.2. The van der Waals surface area contributed by atoms with Gasteiger partial charge in [0.2, 0.25) is 0 Å². The van der Waals surface area contributed by atoms with Crippen LogP contribution in [-0.4, -0.2) is 26.2 Å². The molecule has 114 valence electrons. The number of hydrogen-bond donors (Lipinski definition) is 1. The first-order valence-corrected chi connectivity index (χ1v) is 6.84. The molecule has 21 heavy (non-hydrogen) atoms. The van der Waals surface area contributed by atoms with Crippen LogP contribution < -0.4 is 5.32 Å². The summed E-state index contributed by atoms with van der Waals surface area (Å²) >= 11 is 14.5. The van der Waals surface area contributed by atoms with E-state index in [2.05, 4.69) is 30.7 Å². The van der Waals surface area contributed by atoms with Crippen LogP contribution in [0.1, 0.15) is 0 Å². The zero-order valence-corrected chi connectivity index (χ0v) is 13.9. The van der Waals surface area contributed by atoms with E-state index in [9.17, 15) is 14.0 Å². The highest BCUT2D eigenvalue weighted by Crippen LogP contribution is 2.37. The summed E-state index contributed by atoms with van der Waals surface area (Å²) in [7, 11) is 2.23. The van der Waals surface area contributed by atoms with E-state index in [1.54, 1.807) is 0 Å². The number of nitrogens with one attached hydrogen (secondary N) is 1. The van der Waals surface area contributed by atoms with Crippen molar-refractivity contribution in [3.8, 4) is 0 Å². The third-order valence-electron chi connectivity index (χ3n) is 2.24. The first-order valence-electron chi connectivity index (χ1n) is 5.29. The largest absolute Gasteiger partial charge is 0.466 e. The summed E-state index contributed by atoms with van der Waals surface area (Å²) < 4.78 is 23.2. The molecular formula is C12H9BrCl2FNO4. The molecule has 1 aromatic carbocycles. The molecule has 9 heteroatoms. The standard InChI is InChI=1S/C12H9BrCl2FNO4/c1-20-8(18)4-7(12(19)21-2)17-11-5(13)3-6(14)9(15)10(11)16/h3-4,17H,1-2H3/b7-4+. The highest BCUT2D eigenvalue weighted by Gasteiger charge is 2.20. The Morgan fingerprint density at radius 1 is 1.33 bits per heavy atom.